The number of hydrogen-bond acceptors (Lipinski definition) is 2. The number of halogens is 2. The summed E-state index contributed by atoms with van der Waals surface area (Å²) in [7, 11) is 0. The van der Waals surface area contributed by atoms with E-state index in [1.807, 2.05) is 36.8 Å². The second-order valence-electron chi connectivity index (χ2n) is 9.93. The Morgan fingerprint density at radius 2 is 0.921 bits per heavy atom. The predicted molar refractivity (Wildman–Crippen MR) is 165 cm³/mol. The zero-order valence-electron chi connectivity index (χ0n) is 23.0. The molecule has 0 amide bonds. The van der Waals surface area contributed by atoms with Gasteiger partial charge in [-0.15, -0.1) is 23.5 Å². The summed E-state index contributed by atoms with van der Waals surface area (Å²) in [6.07, 6.45) is 12.7. The molecular formula is C34H38F2S2. The Labute approximate surface area is 235 Å². The maximum atomic E-state index is 15.3. The Morgan fingerprint density at radius 1 is 0.526 bits per heavy atom. The highest BCUT2D eigenvalue weighted by Gasteiger charge is 2.18. The fourth-order valence-corrected chi connectivity index (χ4v) is 6.83. The minimum Gasteiger partial charge on any atom is -0.206 e. The molecule has 0 saturated heterocycles. The average molecular weight is 549 g/mol. The van der Waals surface area contributed by atoms with Gasteiger partial charge in [-0.05, 0) is 83.4 Å². The van der Waals surface area contributed by atoms with Crippen LogP contribution in [0.5, 0.6) is 0 Å². The molecule has 4 rings (SSSR count). The van der Waals surface area contributed by atoms with Crippen molar-refractivity contribution >= 4 is 34.3 Å². The van der Waals surface area contributed by atoms with E-state index in [0.717, 1.165) is 94.2 Å². The molecule has 0 nitrogen and oxygen atoms in total. The Bertz CT molecular complexity index is 1290. The molecule has 0 aliphatic heterocycles. The molecule has 0 aliphatic carbocycles. The van der Waals surface area contributed by atoms with Crippen LogP contribution in [0.3, 0.4) is 0 Å². The van der Waals surface area contributed by atoms with Gasteiger partial charge in [0.1, 0.15) is 11.6 Å². The first-order valence-corrected chi connectivity index (χ1v) is 16.2. The van der Waals surface area contributed by atoms with Gasteiger partial charge in [-0.25, -0.2) is 8.78 Å². The number of unbranched alkanes of at least 4 members (excludes halogenated alkanes) is 4. The van der Waals surface area contributed by atoms with Gasteiger partial charge in [-0.2, -0.15) is 0 Å². The van der Waals surface area contributed by atoms with Crippen molar-refractivity contribution in [3.8, 4) is 22.3 Å². The van der Waals surface area contributed by atoms with Crippen LogP contribution in [0.2, 0.25) is 0 Å². The topological polar surface area (TPSA) is 0 Å². The minimum absolute atomic E-state index is 0.170. The van der Waals surface area contributed by atoms with E-state index in [1.54, 1.807) is 35.7 Å². The van der Waals surface area contributed by atoms with Gasteiger partial charge >= 0.3 is 0 Å². The lowest BCUT2D eigenvalue weighted by atomic mass is 9.95. The second kappa shape index (κ2) is 13.7. The average Bonchev–Trinajstić information content (AvgIpc) is 2.92. The first-order valence-electron chi connectivity index (χ1n) is 13.8. The van der Waals surface area contributed by atoms with Crippen molar-refractivity contribution in [2.24, 2.45) is 0 Å². The van der Waals surface area contributed by atoms with Crippen LogP contribution in [0, 0.1) is 11.6 Å². The number of aryl methyl sites for hydroxylation is 2. The van der Waals surface area contributed by atoms with Gasteiger partial charge in [0, 0.05) is 20.9 Å². The van der Waals surface area contributed by atoms with E-state index < -0.39 is 0 Å². The van der Waals surface area contributed by atoms with Crippen molar-refractivity contribution in [1.29, 1.82) is 0 Å². The summed E-state index contributed by atoms with van der Waals surface area (Å²) in [5.74, 6) is -0.340. The molecular weight excluding hydrogens is 511 g/mol. The Hall–Kier alpha value is -2.30. The smallest absolute Gasteiger partial charge is 0.131 e. The molecule has 0 fully saturated rings. The van der Waals surface area contributed by atoms with Gasteiger partial charge < -0.3 is 0 Å². The third kappa shape index (κ3) is 6.29. The van der Waals surface area contributed by atoms with Gasteiger partial charge in [-0.1, -0.05) is 88.1 Å². The summed E-state index contributed by atoms with van der Waals surface area (Å²) in [4.78, 5) is 2.10. The van der Waals surface area contributed by atoms with Gasteiger partial charge in [0.15, 0.2) is 0 Å². The summed E-state index contributed by atoms with van der Waals surface area (Å²) in [5.41, 5.74) is 5.19. The summed E-state index contributed by atoms with van der Waals surface area (Å²) in [6.45, 7) is 4.36. The van der Waals surface area contributed by atoms with Crippen LogP contribution in [-0.4, -0.2) is 12.5 Å². The highest BCUT2D eigenvalue weighted by molar-refractivity contribution is 7.99. The number of benzene rings is 4. The van der Waals surface area contributed by atoms with E-state index in [-0.39, 0.29) is 11.6 Å². The molecule has 4 aromatic carbocycles. The van der Waals surface area contributed by atoms with Crippen molar-refractivity contribution in [2.75, 3.05) is 12.5 Å². The van der Waals surface area contributed by atoms with Crippen molar-refractivity contribution < 1.29 is 8.78 Å². The Balaban J connectivity index is 1.74. The molecule has 0 unspecified atom stereocenters. The van der Waals surface area contributed by atoms with Gasteiger partial charge in [0.05, 0.1) is 0 Å². The fraction of sp³-hybridized carbons (Fsp3) is 0.353. The normalized spacial score (nSPS) is 11.4. The minimum atomic E-state index is -0.170. The number of rotatable bonds is 12. The largest absolute Gasteiger partial charge is 0.206 e. The lowest BCUT2D eigenvalue weighted by Gasteiger charge is -2.17. The van der Waals surface area contributed by atoms with Crippen molar-refractivity contribution in [1.82, 2.24) is 0 Å². The summed E-state index contributed by atoms with van der Waals surface area (Å²) < 4.78 is 30.6. The molecule has 0 N–H and O–H groups in total. The monoisotopic (exact) mass is 548 g/mol. The maximum Gasteiger partial charge on any atom is 0.131 e. The lowest BCUT2D eigenvalue weighted by molar-refractivity contribution is 0.625. The highest BCUT2D eigenvalue weighted by atomic mass is 32.2. The van der Waals surface area contributed by atoms with Crippen LogP contribution >= 0.6 is 23.5 Å². The standard InChI is InChI=1S/C34H38F2S2/c1-5-7-9-11-23-13-15-25(31(35)21-23)27-17-19-30-29(33(27)37-3)20-18-28(34(30)38-4)26-16-14-24(22-32(26)36)12-10-8-6-2/h13-22H,5-12H2,1-4H3. The third-order valence-electron chi connectivity index (χ3n) is 7.30. The van der Waals surface area contributed by atoms with Crippen molar-refractivity contribution in [3.63, 3.8) is 0 Å². The van der Waals surface area contributed by atoms with E-state index in [1.165, 1.54) is 0 Å². The second-order valence-corrected chi connectivity index (χ2v) is 11.6. The molecule has 4 aromatic rings. The van der Waals surface area contributed by atoms with Crippen LogP contribution in [0.25, 0.3) is 33.0 Å². The van der Waals surface area contributed by atoms with Crippen LogP contribution in [0.4, 0.5) is 8.78 Å². The molecule has 0 radical (unpaired) electrons. The van der Waals surface area contributed by atoms with Crippen LogP contribution < -0.4 is 0 Å². The van der Waals surface area contributed by atoms with Crippen molar-refractivity contribution in [2.45, 2.75) is 75.0 Å². The Kier molecular flexibility index (Phi) is 10.3. The molecule has 38 heavy (non-hydrogen) atoms. The van der Waals surface area contributed by atoms with E-state index in [2.05, 4.69) is 38.1 Å². The third-order valence-corrected chi connectivity index (χ3v) is 8.99. The highest BCUT2D eigenvalue weighted by Crippen LogP contribution is 2.44. The summed E-state index contributed by atoms with van der Waals surface area (Å²) in [5, 5.41) is 2.15. The molecule has 200 valence electrons. The molecule has 4 heteroatoms. The summed E-state index contributed by atoms with van der Waals surface area (Å²) >= 11 is 3.27. The zero-order valence-corrected chi connectivity index (χ0v) is 24.6. The van der Waals surface area contributed by atoms with Crippen LogP contribution in [0.15, 0.2) is 70.5 Å². The van der Waals surface area contributed by atoms with E-state index in [9.17, 15) is 0 Å². The number of fused-ring (bicyclic) bond motifs is 1. The Morgan fingerprint density at radius 3 is 1.26 bits per heavy atom. The molecule has 0 aliphatic rings. The fourth-order valence-electron chi connectivity index (χ4n) is 5.24. The number of hydrogen-bond donors (Lipinski definition) is 0. The van der Waals surface area contributed by atoms with E-state index in [4.69, 9.17) is 0 Å². The molecule has 0 aromatic heterocycles. The van der Waals surface area contributed by atoms with Crippen LogP contribution in [-0.2, 0) is 12.8 Å². The van der Waals surface area contributed by atoms with Gasteiger partial charge in [0.2, 0.25) is 0 Å². The van der Waals surface area contributed by atoms with Gasteiger partial charge in [-0.3, -0.25) is 0 Å². The molecule has 0 bridgehead atoms. The lowest BCUT2D eigenvalue weighted by Crippen LogP contribution is -1.95. The van der Waals surface area contributed by atoms with Gasteiger partial charge in [0.25, 0.3) is 0 Å². The first-order chi connectivity index (χ1) is 18.5. The van der Waals surface area contributed by atoms with E-state index in [0.29, 0.717) is 11.1 Å². The number of thioether (sulfide) groups is 2. The molecule has 0 saturated carbocycles. The molecule has 0 spiro atoms. The van der Waals surface area contributed by atoms with Crippen LogP contribution in [0.1, 0.15) is 63.5 Å². The predicted octanol–water partition coefficient (Wildman–Crippen LogP) is 11.4. The van der Waals surface area contributed by atoms with Crippen molar-refractivity contribution in [3.05, 3.63) is 83.4 Å². The first kappa shape index (κ1) is 28.7. The molecule has 0 atom stereocenters. The molecule has 0 heterocycles. The SMILES string of the molecule is CCCCCc1ccc(-c2ccc3c(SC)c(-c4ccc(CCCCC)cc4F)ccc3c2SC)c(F)c1. The zero-order chi connectivity index (χ0) is 27.1. The van der Waals surface area contributed by atoms with E-state index >= 15 is 8.78 Å². The maximum absolute atomic E-state index is 15.3. The summed E-state index contributed by atoms with van der Waals surface area (Å²) in [6, 6.07) is 19.6. The quantitative estimate of drug-likeness (QED) is 0.128.